The molecule has 1 aromatic rings. The van der Waals surface area contributed by atoms with Crippen LogP contribution in [0.4, 0.5) is 5.82 Å². The van der Waals surface area contributed by atoms with Crippen LogP contribution in [-0.4, -0.2) is 22.0 Å². The minimum atomic E-state index is -0.316. The van der Waals surface area contributed by atoms with Crippen LogP contribution in [0.3, 0.4) is 0 Å². The highest BCUT2D eigenvalue weighted by Gasteiger charge is 2.49. The molecule has 1 aliphatic heterocycles. The molecule has 1 aromatic heterocycles. The van der Waals surface area contributed by atoms with Crippen molar-refractivity contribution in [1.29, 1.82) is 0 Å². The van der Waals surface area contributed by atoms with E-state index in [0.29, 0.717) is 23.7 Å². The monoisotopic (exact) mass is 251 g/mol. The fourth-order valence-electron chi connectivity index (χ4n) is 2.44. The summed E-state index contributed by atoms with van der Waals surface area (Å²) in [6.07, 6.45) is 4.34. The molecular formula is C11H10ClN3O2. The Kier molecular flexibility index (Phi) is 2.29. The van der Waals surface area contributed by atoms with Crippen molar-refractivity contribution in [2.75, 3.05) is 4.90 Å². The molecule has 88 valence electrons. The van der Waals surface area contributed by atoms with E-state index in [4.69, 9.17) is 11.6 Å². The van der Waals surface area contributed by atoms with E-state index in [1.165, 1.54) is 11.1 Å². The smallest absolute Gasteiger partial charge is 0.239 e. The Morgan fingerprint density at radius 1 is 1.35 bits per heavy atom. The molecule has 1 N–H and O–H groups in total. The Labute approximate surface area is 102 Å². The van der Waals surface area contributed by atoms with Gasteiger partial charge in [0, 0.05) is 11.1 Å². The van der Waals surface area contributed by atoms with E-state index in [-0.39, 0.29) is 23.7 Å². The van der Waals surface area contributed by atoms with E-state index in [9.17, 15) is 9.59 Å². The molecule has 0 saturated carbocycles. The number of fused-ring (bicyclic) bond motifs is 1. The fraction of sp³-hybridized carbons (Fsp3) is 0.364. The fourth-order valence-corrected chi connectivity index (χ4v) is 2.69. The van der Waals surface area contributed by atoms with Crippen molar-refractivity contribution in [3.05, 3.63) is 23.4 Å². The predicted molar refractivity (Wildman–Crippen MR) is 61.2 cm³/mol. The lowest BCUT2D eigenvalue weighted by Gasteiger charge is -2.17. The summed E-state index contributed by atoms with van der Waals surface area (Å²) >= 11 is 5.93. The SMILES string of the molecule is O=C1C2CC=C(Cl)CC2C(=O)N1c1ccn[nH]1. The Morgan fingerprint density at radius 3 is 2.82 bits per heavy atom. The first-order valence-electron chi connectivity index (χ1n) is 5.40. The number of imide groups is 1. The number of hydrogen-bond donors (Lipinski definition) is 1. The second-order valence-corrected chi connectivity index (χ2v) is 4.74. The van der Waals surface area contributed by atoms with Crippen molar-refractivity contribution in [2.45, 2.75) is 12.8 Å². The molecule has 6 heteroatoms. The van der Waals surface area contributed by atoms with Crippen LogP contribution in [0.15, 0.2) is 23.4 Å². The summed E-state index contributed by atoms with van der Waals surface area (Å²) in [5, 5.41) is 7.07. The topological polar surface area (TPSA) is 66.1 Å². The van der Waals surface area contributed by atoms with E-state index in [0.717, 1.165) is 0 Å². The van der Waals surface area contributed by atoms with Gasteiger partial charge in [0.25, 0.3) is 0 Å². The van der Waals surface area contributed by atoms with Gasteiger partial charge in [-0.1, -0.05) is 17.7 Å². The third-order valence-electron chi connectivity index (χ3n) is 3.30. The highest BCUT2D eigenvalue weighted by Crippen LogP contribution is 2.40. The normalized spacial score (nSPS) is 28.3. The van der Waals surface area contributed by atoms with E-state index in [2.05, 4.69) is 10.2 Å². The molecular weight excluding hydrogens is 242 g/mol. The molecule has 2 unspecified atom stereocenters. The number of H-pyrrole nitrogens is 1. The van der Waals surface area contributed by atoms with Crippen LogP contribution in [0.5, 0.6) is 0 Å². The number of nitrogens with one attached hydrogen (secondary N) is 1. The number of allylic oxidation sites excluding steroid dienone is 2. The number of aromatic amines is 1. The van der Waals surface area contributed by atoms with Crippen LogP contribution in [0, 0.1) is 11.8 Å². The predicted octanol–water partition coefficient (Wildman–Crippen LogP) is 1.43. The molecule has 1 fully saturated rings. The Bertz CT molecular complexity index is 509. The maximum absolute atomic E-state index is 12.2. The molecule has 17 heavy (non-hydrogen) atoms. The van der Waals surface area contributed by atoms with E-state index < -0.39 is 0 Å². The molecule has 2 atom stereocenters. The molecule has 1 saturated heterocycles. The maximum atomic E-state index is 12.2. The molecule has 0 spiro atoms. The summed E-state index contributed by atoms with van der Waals surface area (Å²) in [6.45, 7) is 0. The minimum absolute atomic E-state index is 0.162. The molecule has 2 heterocycles. The number of halogens is 1. The molecule has 0 aromatic carbocycles. The van der Waals surface area contributed by atoms with Crippen molar-refractivity contribution in [3.63, 3.8) is 0 Å². The molecule has 0 bridgehead atoms. The Morgan fingerprint density at radius 2 is 2.12 bits per heavy atom. The van der Waals surface area contributed by atoms with Crippen molar-refractivity contribution in [2.24, 2.45) is 11.8 Å². The average Bonchev–Trinajstić information content (AvgIpc) is 2.88. The summed E-state index contributed by atoms with van der Waals surface area (Å²) in [7, 11) is 0. The number of nitrogens with zero attached hydrogens (tertiary/aromatic N) is 2. The highest BCUT2D eigenvalue weighted by molar-refractivity contribution is 6.30. The summed E-state index contributed by atoms with van der Waals surface area (Å²) < 4.78 is 0. The van der Waals surface area contributed by atoms with E-state index in [1.54, 1.807) is 6.07 Å². The number of anilines is 1. The number of aromatic nitrogens is 2. The first-order chi connectivity index (χ1) is 8.18. The van der Waals surface area contributed by atoms with Gasteiger partial charge in [0.1, 0.15) is 5.82 Å². The van der Waals surface area contributed by atoms with Gasteiger partial charge >= 0.3 is 0 Å². The zero-order valence-corrected chi connectivity index (χ0v) is 9.65. The quantitative estimate of drug-likeness (QED) is 0.768. The number of rotatable bonds is 1. The number of carbonyl (C=O) groups excluding carboxylic acids is 2. The highest BCUT2D eigenvalue weighted by atomic mass is 35.5. The number of amides is 2. The number of hydrogen-bond acceptors (Lipinski definition) is 3. The van der Waals surface area contributed by atoms with Crippen LogP contribution >= 0.6 is 11.6 Å². The van der Waals surface area contributed by atoms with Crippen molar-refractivity contribution in [3.8, 4) is 0 Å². The Hall–Kier alpha value is -1.62. The molecule has 5 nitrogen and oxygen atoms in total. The minimum Gasteiger partial charge on any atom is -0.274 e. The first-order valence-corrected chi connectivity index (χ1v) is 5.78. The van der Waals surface area contributed by atoms with Gasteiger partial charge < -0.3 is 0 Å². The van der Waals surface area contributed by atoms with Crippen molar-refractivity contribution >= 4 is 29.2 Å². The third-order valence-corrected chi connectivity index (χ3v) is 3.60. The van der Waals surface area contributed by atoms with Gasteiger partial charge in [-0.05, 0) is 12.8 Å². The molecule has 2 aliphatic rings. The van der Waals surface area contributed by atoms with Gasteiger partial charge in [-0.15, -0.1) is 0 Å². The van der Waals surface area contributed by atoms with E-state index in [1.807, 2.05) is 6.08 Å². The zero-order valence-electron chi connectivity index (χ0n) is 8.89. The average molecular weight is 252 g/mol. The van der Waals surface area contributed by atoms with Gasteiger partial charge in [-0.25, -0.2) is 4.90 Å². The third kappa shape index (κ3) is 1.50. The van der Waals surface area contributed by atoms with Crippen LogP contribution in [-0.2, 0) is 9.59 Å². The first kappa shape index (κ1) is 10.5. The van der Waals surface area contributed by atoms with E-state index >= 15 is 0 Å². The Balaban J connectivity index is 1.96. The van der Waals surface area contributed by atoms with Gasteiger partial charge in [0.15, 0.2) is 0 Å². The second-order valence-electron chi connectivity index (χ2n) is 4.26. The van der Waals surface area contributed by atoms with Crippen molar-refractivity contribution < 1.29 is 9.59 Å². The molecule has 2 amide bonds. The molecule has 0 radical (unpaired) electrons. The van der Waals surface area contributed by atoms with Gasteiger partial charge in [0.05, 0.1) is 18.0 Å². The summed E-state index contributed by atoms with van der Waals surface area (Å²) in [5.74, 6) is -0.498. The van der Waals surface area contributed by atoms with Crippen LogP contribution in [0.25, 0.3) is 0 Å². The maximum Gasteiger partial charge on any atom is 0.239 e. The lowest BCUT2D eigenvalue weighted by atomic mass is 9.85. The largest absolute Gasteiger partial charge is 0.274 e. The summed E-state index contributed by atoms with van der Waals surface area (Å²) in [4.78, 5) is 25.5. The van der Waals surface area contributed by atoms with Crippen LogP contribution in [0.1, 0.15) is 12.8 Å². The molecule has 3 rings (SSSR count). The lowest BCUT2D eigenvalue weighted by molar-refractivity contribution is -0.122. The van der Waals surface area contributed by atoms with Gasteiger partial charge in [-0.3, -0.25) is 14.7 Å². The lowest BCUT2D eigenvalue weighted by Crippen LogP contribution is -2.31. The van der Waals surface area contributed by atoms with Gasteiger partial charge in [-0.2, -0.15) is 5.10 Å². The zero-order chi connectivity index (χ0) is 12.0. The standard InChI is InChI=1S/C11H10ClN3O2/c12-6-1-2-7-8(5-6)11(17)15(10(7)16)9-3-4-13-14-9/h1,3-4,7-8H,2,5H2,(H,13,14). The summed E-state index contributed by atoms with van der Waals surface area (Å²) in [5.41, 5.74) is 0. The number of carbonyl (C=O) groups is 2. The molecule has 1 aliphatic carbocycles. The summed E-state index contributed by atoms with van der Waals surface area (Å²) in [6, 6.07) is 1.61. The second kappa shape index (κ2) is 3.70. The van der Waals surface area contributed by atoms with Crippen LogP contribution in [0.2, 0.25) is 0 Å². The van der Waals surface area contributed by atoms with Gasteiger partial charge in [0.2, 0.25) is 11.8 Å². The van der Waals surface area contributed by atoms with Crippen molar-refractivity contribution in [1.82, 2.24) is 10.2 Å². The van der Waals surface area contributed by atoms with Crippen LogP contribution < -0.4 is 4.90 Å².